The molecule has 0 spiro atoms. The number of benzene rings is 2. The predicted molar refractivity (Wildman–Crippen MR) is 128 cm³/mol. The van der Waals surface area contributed by atoms with E-state index in [-0.39, 0.29) is 6.04 Å². The third-order valence-corrected chi connectivity index (χ3v) is 7.24. The molecule has 2 fully saturated rings. The van der Waals surface area contributed by atoms with Crippen molar-refractivity contribution in [2.24, 2.45) is 0 Å². The number of aryl methyl sites for hydroxylation is 1. The van der Waals surface area contributed by atoms with E-state index in [0.29, 0.717) is 6.54 Å². The van der Waals surface area contributed by atoms with E-state index in [2.05, 4.69) is 68.6 Å². The summed E-state index contributed by atoms with van der Waals surface area (Å²) in [5, 5.41) is 13.0. The molecular weight excluding hydrogens is 412 g/mol. The van der Waals surface area contributed by atoms with Crippen LogP contribution in [0.15, 0.2) is 48.5 Å². The number of methoxy groups -OCH3 is 1. The minimum Gasteiger partial charge on any atom is -0.497 e. The Hall–Kier alpha value is -2.77. The maximum Gasteiger partial charge on any atom is 0.173 e. The van der Waals surface area contributed by atoms with Crippen molar-refractivity contribution in [3.8, 4) is 5.75 Å². The molecule has 3 aromatic rings. The molecule has 5 rings (SSSR count). The lowest BCUT2D eigenvalue weighted by Crippen LogP contribution is -2.51. The quantitative estimate of drug-likeness (QED) is 0.552. The van der Waals surface area contributed by atoms with E-state index in [0.717, 1.165) is 49.4 Å². The summed E-state index contributed by atoms with van der Waals surface area (Å²) in [5.74, 6) is 1.76. The fourth-order valence-corrected chi connectivity index (χ4v) is 5.33. The van der Waals surface area contributed by atoms with Crippen LogP contribution in [0.2, 0.25) is 0 Å². The van der Waals surface area contributed by atoms with Gasteiger partial charge in [-0.15, -0.1) is 5.10 Å². The third-order valence-electron chi connectivity index (χ3n) is 7.24. The summed E-state index contributed by atoms with van der Waals surface area (Å²) in [6.07, 6.45) is 5.50. The molecule has 33 heavy (non-hydrogen) atoms. The predicted octanol–water partition coefficient (Wildman–Crippen LogP) is 3.69. The molecule has 174 valence electrons. The van der Waals surface area contributed by atoms with E-state index in [9.17, 15) is 0 Å². The van der Waals surface area contributed by atoms with Gasteiger partial charge in [0.25, 0.3) is 0 Å². The molecule has 1 aliphatic heterocycles. The van der Waals surface area contributed by atoms with Gasteiger partial charge in [-0.1, -0.05) is 54.8 Å². The topological polar surface area (TPSA) is 59.3 Å². The van der Waals surface area contributed by atoms with Gasteiger partial charge in [-0.05, 0) is 53.5 Å². The van der Waals surface area contributed by atoms with Crippen LogP contribution in [0.1, 0.15) is 54.2 Å². The smallest absolute Gasteiger partial charge is 0.173 e. The Labute approximate surface area is 196 Å². The number of piperazine rings is 1. The second-order valence-electron chi connectivity index (χ2n) is 9.37. The Morgan fingerprint density at radius 2 is 1.64 bits per heavy atom. The molecule has 7 heteroatoms. The number of tetrazole rings is 1. The lowest BCUT2D eigenvalue weighted by atomic mass is 10.0. The number of hydrogen-bond acceptors (Lipinski definition) is 6. The average Bonchev–Trinajstić information content (AvgIpc) is 3.55. The summed E-state index contributed by atoms with van der Waals surface area (Å²) in [6.45, 7) is 7.07. The molecule has 0 bridgehead atoms. The van der Waals surface area contributed by atoms with Crippen LogP contribution in [0.3, 0.4) is 0 Å². The third kappa shape index (κ3) is 4.94. The van der Waals surface area contributed by atoms with Gasteiger partial charge in [0.2, 0.25) is 0 Å². The molecule has 2 aliphatic rings. The van der Waals surface area contributed by atoms with Crippen molar-refractivity contribution in [1.82, 2.24) is 30.0 Å². The van der Waals surface area contributed by atoms with Gasteiger partial charge in [0.05, 0.1) is 19.7 Å². The molecular formula is C26H34N6O. The summed E-state index contributed by atoms with van der Waals surface area (Å²) in [6, 6.07) is 17.8. The Balaban J connectivity index is 1.39. The van der Waals surface area contributed by atoms with Crippen molar-refractivity contribution in [3.63, 3.8) is 0 Å². The Bertz CT molecular complexity index is 1020. The lowest BCUT2D eigenvalue weighted by molar-refractivity contribution is 0.0771. The molecule has 1 atom stereocenters. The molecule has 2 heterocycles. The first-order valence-electron chi connectivity index (χ1n) is 12.1. The molecule has 0 N–H and O–H groups in total. The number of rotatable bonds is 7. The highest BCUT2D eigenvalue weighted by Crippen LogP contribution is 2.31. The largest absolute Gasteiger partial charge is 0.497 e. The lowest BCUT2D eigenvalue weighted by Gasteiger charge is -2.41. The van der Waals surface area contributed by atoms with Gasteiger partial charge in [0, 0.05) is 32.2 Å². The Morgan fingerprint density at radius 3 is 2.30 bits per heavy atom. The minimum atomic E-state index is 0.0459. The Kier molecular flexibility index (Phi) is 6.69. The fraction of sp³-hybridized carbons (Fsp3) is 0.500. The number of aromatic nitrogens is 4. The summed E-state index contributed by atoms with van der Waals surface area (Å²) >= 11 is 0. The summed E-state index contributed by atoms with van der Waals surface area (Å²) < 4.78 is 7.25. The summed E-state index contributed by atoms with van der Waals surface area (Å²) in [5.41, 5.74) is 3.67. The van der Waals surface area contributed by atoms with Crippen LogP contribution in [-0.4, -0.2) is 69.3 Å². The second kappa shape index (κ2) is 10.0. The summed E-state index contributed by atoms with van der Waals surface area (Å²) in [4.78, 5) is 5.27. The highest BCUT2D eigenvalue weighted by molar-refractivity contribution is 5.30. The van der Waals surface area contributed by atoms with Gasteiger partial charge in [-0.25, -0.2) is 4.68 Å². The number of ether oxygens (including phenoxy) is 1. The van der Waals surface area contributed by atoms with Crippen molar-refractivity contribution in [2.75, 3.05) is 33.3 Å². The van der Waals surface area contributed by atoms with Gasteiger partial charge in [0.15, 0.2) is 5.82 Å². The number of hydrogen-bond donors (Lipinski definition) is 0. The van der Waals surface area contributed by atoms with E-state index < -0.39 is 0 Å². The first kappa shape index (κ1) is 22.0. The van der Waals surface area contributed by atoms with E-state index in [1.807, 2.05) is 16.8 Å². The first-order valence-corrected chi connectivity index (χ1v) is 12.1. The first-order chi connectivity index (χ1) is 16.2. The van der Waals surface area contributed by atoms with E-state index in [1.165, 1.54) is 36.8 Å². The van der Waals surface area contributed by atoms with Crippen LogP contribution in [0.25, 0.3) is 0 Å². The van der Waals surface area contributed by atoms with Crippen LogP contribution < -0.4 is 4.74 Å². The fourth-order valence-electron chi connectivity index (χ4n) is 5.33. The maximum atomic E-state index is 5.30. The zero-order chi connectivity index (χ0) is 22.6. The zero-order valence-electron chi connectivity index (χ0n) is 19.7. The van der Waals surface area contributed by atoms with Crippen molar-refractivity contribution < 1.29 is 4.74 Å². The summed E-state index contributed by atoms with van der Waals surface area (Å²) in [7, 11) is 1.69. The molecule has 1 saturated carbocycles. The van der Waals surface area contributed by atoms with Crippen LogP contribution >= 0.6 is 0 Å². The van der Waals surface area contributed by atoms with Crippen molar-refractivity contribution in [1.29, 1.82) is 0 Å². The standard InChI is InChI=1S/C26H34N6O/c1-20-7-11-22(12-8-20)25(31-17-15-30(16-18-31)23-5-3-4-6-23)26-27-28-29-32(26)19-21-9-13-24(33-2)14-10-21/h7-14,23,25H,3-6,15-19H2,1-2H3/t25-/m0/s1. The van der Waals surface area contributed by atoms with Crippen LogP contribution in [0, 0.1) is 6.92 Å². The number of nitrogens with zero attached hydrogens (tertiary/aromatic N) is 6. The minimum absolute atomic E-state index is 0.0459. The Morgan fingerprint density at radius 1 is 0.939 bits per heavy atom. The molecule has 7 nitrogen and oxygen atoms in total. The molecule has 0 amide bonds. The highest BCUT2D eigenvalue weighted by atomic mass is 16.5. The van der Waals surface area contributed by atoms with E-state index in [1.54, 1.807) is 7.11 Å². The monoisotopic (exact) mass is 446 g/mol. The molecule has 0 radical (unpaired) electrons. The average molecular weight is 447 g/mol. The van der Waals surface area contributed by atoms with Crippen LogP contribution in [0.5, 0.6) is 5.75 Å². The molecule has 1 saturated heterocycles. The molecule has 0 unspecified atom stereocenters. The van der Waals surface area contributed by atoms with Crippen molar-refractivity contribution in [3.05, 3.63) is 71.0 Å². The SMILES string of the molecule is COc1ccc(Cn2nnnc2[C@H](c2ccc(C)cc2)N2CCN(C3CCCC3)CC2)cc1. The van der Waals surface area contributed by atoms with Gasteiger partial charge in [0.1, 0.15) is 5.75 Å². The molecule has 1 aromatic heterocycles. The van der Waals surface area contributed by atoms with Gasteiger partial charge in [-0.2, -0.15) is 0 Å². The zero-order valence-corrected chi connectivity index (χ0v) is 19.7. The highest BCUT2D eigenvalue weighted by Gasteiger charge is 2.33. The second-order valence-corrected chi connectivity index (χ2v) is 9.37. The van der Waals surface area contributed by atoms with Gasteiger partial charge in [-0.3, -0.25) is 9.80 Å². The molecule has 1 aliphatic carbocycles. The van der Waals surface area contributed by atoms with Crippen molar-refractivity contribution >= 4 is 0 Å². The van der Waals surface area contributed by atoms with Crippen LogP contribution in [0.4, 0.5) is 0 Å². The normalized spacial score (nSPS) is 19.1. The van der Waals surface area contributed by atoms with Gasteiger partial charge < -0.3 is 4.74 Å². The van der Waals surface area contributed by atoms with E-state index >= 15 is 0 Å². The van der Waals surface area contributed by atoms with Crippen LogP contribution in [-0.2, 0) is 6.54 Å². The maximum absolute atomic E-state index is 5.30. The van der Waals surface area contributed by atoms with Gasteiger partial charge >= 0.3 is 0 Å². The van der Waals surface area contributed by atoms with E-state index in [4.69, 9.17) is 4.74 Å². The molecule has 2 aromatic carbocycles. The van der Waals surface area contributed by atoms with Crippen molar-refractivity contribution in [2.45, 2.75) is 51.2 Å².